The smallest absolute Gasteiger partial charge is 0.220 e. The zero-order chi connectivity index (χ0) is 16.8. The summed E-state index contributed by atoms with van der Waals surface area (Å²) in [6, 6.07) is 8.04. The summed E-state index contributed by atoms with van der Waals surface area (Å²) < 4.78 is 1.74. The van der Waals surface area contributed by atoms with Crippen LogP contribution >= 0.6 is 11.6 Å². The van der Waals surface area contributed by atoms with Crippen LogP contribution in [0.15, 0.2) is 36.9 Å². The maximum Gasteiger partial charge on any atom is 0.220 e. The first-order valence-corrected chi connectivity index (χ1v) is 8.71. The lowest BCUT2D eigenvalue weighted by Gasteiger charge is -2.35. The van der Waals surface area contributed by atoms with Crippen molar-refractivity contribution in [2.24, 2.45) is 0 Å². The highest BCUT2D eigenvalue weighted by Crippen LogP contribution is 2.27. The molecular formula is C17H22ClN5O. The molecule has 24 heavy (non-hydrogen) atoms. The zero-order valence-corrected chi connectivity index (χ0v) is 14.3. The van der Waals surface area contributed by atoms with Crippen LogP contribution in [-0.2, 0) is 11.3 Å². The Kier molecular flexibility index (Phi) is 5.69. The Morgan fingerprint density at radius 2 is 2.25 bits per heavy atom. The van der Waals surface area contributed by atoms with Crippen LogP contribution in [-0.4, -0.2) is 39.8 Å². The number of carbonyl (C=O) groups excluding carboxylic acids is 1. The van der Waals surface area contributed by atoms with Gasteiger partial charge in [0, 0.05) is 32.1 Å². The number of aryl methyl sites for hydroxylation is 1. The van der Waals surface area contributed by atoms with Crippen molar-refractivity contribution < 1.29 is 4.79 Å². The Morgan fingerprint density at radius 1 is 1.38 bits per heavy atom. The van der Waals surface area contributed by atoms with E-state index in [1.807, 2.05) is 24.3 Å². The summed E-state index contributed by atoms with van der Waals surface area (Å²) in [6.45, 7) is 2.49. The van der Waals surface area contributed by atoms with Gasteiger partial charge >= 0.3 is 0 Å². The molecule has 128 valence electrons. The summed E-state index contributed by atoms with van der Waals surface area (Å²) in [5.41, 5.74) is 1.05. The maximum absolute atomic E-state index is 12.1. The number of nitrogens with one attached hydrogen (secondary N) is 1. The second kappa shape index (κ2) is 8.15. The van der Waals surface area contributed by atoms with E-state index in [1.165, 1.54) is 6.33 Å². The minimum absolute atomic E-state index is 0.0983. The zero-order valence-electron chi connectivity index (χ0n) is 13.6. The second-order valence-electron chi connectivity index (χ2n) is 6.07. The van der Waals surface area contributed by atoms with E-state index in [9.17, 15) is 4.79 Å². The van der Waals surface area contributed by atoms with Gasteiger partial charge in [-0.1, -0.05) is 23.7 Å². The fourth-order valence-electron chi connectivity index (χ4n) is 3.07. The third-order valence-electron chi connectivity index (χ3n) is 4.24. The first-order chi connectivity index (χ1) is 11.7. The largest absolute Gasteiger partial charge is 0.368 e. The van der Waals surface area contributed by atoms with Crippen molar-refractivity contribution in [1.29, 1.82) is 0 Å². The fraction of sp³-hybridized carbons (Fsp3) is 0.471. The first-order valence-electron chi connectivity index (χ1n) is 8.33. The molecule has 1 saturated heterocycles. The predicted octanol–water partition coefficient (Wildman–Crippen LogP) is 2.50. The Labute approximate surface area is 146 Å². The molecule has 1 fully saturated rings. The number of amides is 1. The van der Waals surface area contributed by atoms with Gasteiger partial charge < -0.3 is 10.2 Å². The molecule has 1 aliphatic rings. The number of aromatic nitrogens is 3. The molecule has 1 aromatic carbocycles. The van der Waals surface area contributed by atoms with Gasteiger partial charge in [-0.15, -0.1) is 0 Å². The summed E-state index contributed by atoms with van der Waals surface area (Å²) in [7, 11) is 0. The molecule has 7 heteroatoms. The molecule has 1 N–H and O–H groups in total. The van der Waals surface area contributed by atoms with Gasteiger partial charge in [-0.3, -0.25) is 9.48 Å². The van der Waals surface area contributed by atoms with Crippen molar-refractivity contribution in [2.75, 3.05) is 18.0 Å². The van der Waals surface area contributed by atoms with Crippen LogP contribution in [0.25, 0.3) is 0 Å². The molecule has 0 radical (unpaired) electrons. The fourth-order valence-corrected chi connectivity index (χ4v) is 3.33. The van der Waals surface area contributed by atoms with Crippen molar-refractivity contribution >= 4 is 23.2 Å². The molecule has 0 unspecified atom stereocenters. The molecule has 0 bridgehead atoms. The van der Waals surface area contributed by atoms with E-state index >= 15 is 0 Å². The standard InChI is InChI=1S/C17H22ClN5O/c18-15-6-1-2-7-16(15)22-9-3-5-14(11-22)21-17(24)8-4-10-23-13-19-12-20-23/h1-2,6-7,12-14H,3-5,8-11H2,(H,21,24)/t14-/m1/s1. The number of hydrogen-bond donors (Lipinski definition) is 1. The molecule has 0 aliphatic carbocycles. The molecule has 1 aliphatic heterocycles. The average molecular weight is 348 g/mol. The number of para-hydroxylation sites is 1. The molecule has 6 nitrogen and oxygen atoms in total. The van der Waals surface area contributed by atoms with E-state index in [4.69, 9.17) is 11.6 Å². The lowest BCUT2D eigenvalue weighted by atomic mass is 10.0. The number of anilines is 1. The molecule has 1 amide bonds. The summed E-state index contributed by atoms with van der Waals surface area (Å²) in [5, 5.41) is 7.95. The molecule has 3 rings (SSSR count). The van der Waals surface area contributed by atoms with Crippen molar-refractivity contribution in [3.63, 3.8) is 0 Å². The second-order valence-corrected chi connectivity index (χ2v) is 6.47. The van der Waals surface area contributed by atoms with Crippen molar-refractivity contribution in [1.82, 2.24) is 20.1 Å². The van der Waals surface area contributed by atoms with Crippen LogP contribution in [0.5, 0.6) is 0 Å². The van der Waals surface area contributed by atoms with E-state index in [0.29, 0.717) is 13.0 Å². The quantitative estimate of drug-likeness (QED) is 0.872. The summed E-state index contributed by atoms with van der Waals surface area (Å²) >= 11 is 6.29. The lowest BCUT2D eigenvalue weighted by Crippen LogP contribution is -2.47. The van der Waals surface area contributed by atoms with Gasteiger partial charge in [-0.2, -0.15) is 5.10 Å². The third kappa shape index (κ3) is 4.47. The average Bonchev–Trinajstić information content (AvgIpc) is 3.09. The van der Waals surface area contributed by atoms with Crippen LogP contribution in [0.1, 0.15) is 25.7 Å². The molecule has 1 aromatic heterocycles. The van der Waals surface area contributed by atoms with Crippen molar-refractivity contribution in [2.45, 2.75) is 38.3 Å². The summed E-state index contributed by atoms with van der Waals surface area (Å²) in [5.74, 6) is 0.0983. The normalized spacial score (nSPS) is 17.7. The van der Waals surface area contributed by atoms with Crippen LogP contribution < -0.4 is 10.2 Å². The van der Waals surface area contributed by atoms with Gasteiger partial charge in [0.2, 0.25) is 5.91 Å². The van der Waals surface area contributed by atoms with E-state index < -0.39 is 0 Å². The highest BCUT2D eigenvalue weighted by Gasteiger charge is 2.22. The topological polar surface area (TPSA) is 63.1 Å². The van der Waals surface area contributed by atoms with E-state index in [1.54, 1.807) is 11.0 Å². The minimum Gasteiger partial charge on any atom is -0.368 e. The number of hydrogen-bond acceptors (Lipinski definition) is 4. The maximum atomic E-state index is 12.1. The predicted molar refractivity (Wildman–Crippen MR) is 94.1 cm³/mol. The van der Waals surface area contributed by atoms with E-state index in [-0.39, 0.29) is 11.9 Å². The van der Waals surface area contributed by atoms with Gasteiger partial charge in [0.05, 0.1) is 10.7 Å². The number of rotatable bonds is 6. The molecule has 0 spiro atoms. The third-order valence-corrected chi connectivity index (χ3v) is 4.56. The summed E-state index contributed by atoms with van der Waals surface area (Å²) in [6.07, 6.45) is 6.50. The lowest BCUT2D eigenvalue weighted by molar-refractivity contribution is -0.122. The van der Waals surface area contributed by atoms with Gasteiger partial charge in [0.15, 0.2) is 0 Å². The Morgan fingerprint density at radius 3 is 3.04 bits per heavy atom. The number of benzene rings is 1. The van der Waals surface area contributed by atoms with Gasteiger partial charge in [-0.25, -0.2) is 4.98 Å². The highest BCUT2D eigenvalue weighted by atomic mass is 35.5. The van der Waals surface area contributed by atoms with Gasteiger partial charge in [0.1, 0.15) is 12.7 Å². The summed E-state index contributed by atoms with van der Waals surface area (Å²) in [4.78, 5) is 18.3. The molecule has 1 atom stereocenters. The van der Waals surface area contributed by atoms with Gasteiger partial charge in [-0.05, 0) is 31.4 Å². The number of carbonyl (C=O) groups is 1. The molecule has 0 saturated carbocycles. The molecule has 2 aromatic rings. The SMILES string of the molecule is O=C(CCCn1cncn1)N[C@@H]1CCCN(c2ccccc2Cl)C1. The van der Waals surface area contributed by atoms with Crippen molar-refractivity contribution in [3.8, 4) is 0 Å². The van der Waals surface area contributed by atoms with Crippen LogP contribution in [0, 0.1) is 0 Å². The highest BCUT2D eigenvalue weighted by molar-refractivity contribution is 6.33. The Balaban J connectivity index is 1.46. The number of piperidine rings is 1. The molecule has 2 heterocycles. The molecular weight excluding hydrogens is 326 g/mol. The Bertz CT molecular complexity index is 661. The van der Waals surface area contributed by atoms with Crippen LogP contribution in [0.4, 0.5) is 5.69 Å². The number of nitrogens with zero attached hydrogens (tertiary/aromatic N) is 4. The van der Waals surface area contributed by atoms with Gasteiger partial charge in [0.25, 0.3) is 0 Å². The first kappa shape index (κ1) is 16.8. The van der Waals surface area contributed by atoms with Crippen molar-refractivity contribution in [3.05, 3.63) is 41.9 Å². The van der Waals surface area contributed by atoms with E-state index in [2.05, 4.69) is 20.3 Å². The van der Waals surface area contributed by atoms with Crippen LogP contribution in [0.3, 0.4) is 0 Å². The van der Waals surface area contributed by atoms with Crippen LogP contribution in [0.2, 0.25) is 5.02 Å². The van der Waals surface area contributed by atoms with E-state index in [0.717, 1.165) is 43.1 Å². The monoisotopic (exact) mass is 347 g/mol. The Hall–Kier alpha value is -2.08. The number of halogens is 1. The minimum atomic E-state index is 0.0983.